The number of primary amides is 1. The fraction of sp³-hybridized carbons (Fsp3) is 0.417. The molecule has 0 fully saturated rings. The van der Waals surface area contributed by atoms with E-state index in [0.29, 0.717) is 20.5 Å². The molecule has 0 saturated carbocycles. The van der Waals surface area contributed by atoms with E-state index in [2.05, 4.69) is 19.6 Å². The van der Waals surface area contributed by atoms with Gasteiger partial charge in [-0.3, -0.25) is 4.79 Å². The van der Waals surface area contributed by atoms with Crippen molar-refractivity contribution < 1.29 is 4.79 Å². The summed E-state index contributed by atoms with van der Waals surface area (Å²) in [5, 5.41) is 0.880. The molecule has 0 aliphatic carbocycles. The van der Waals surface area contributed by atoms with Crippen LogP contribution in [-0.4, -0.2) is 19.7 Å². The Morgan fingerprint density at radius 3 is 2.44 bits per heavy atom. The van der Waals surface area contributed by atoms with E-state index in [1.54, 1.807) is 23.9 Å². The van der Waals surface area contributed by atoms with Gasteiger partial charge in [-0.25, -0.2) is 0 Å². The third kappa shape index (κ3) is 4.50. The van der Waals surface area contributed by atoms with Crippen LogP contribution in [0.4, 0.5) is 0 Å². The van der Waals surface area contributed by atoms with Crippen LogP contribution in [0.1, 0.15) is 10.4 Å². The minimum atomic E-state index is -1.10. The maximum atomic E-state index is 11.4. The van der Waals surface area contributed by atoms with Crippen LogP contribution in [0.25, 0.3) is 0 Å². The highest BCUT2D eigenvalue weighted by Crippen LogP contribution is 2.36. The van der Waals surface area contributed by atoms with E-state index >= 15 is 0 Å². The molecule has 0 atom stereocenters. The number of halogens is 2. The molecule has 0 heterocycles. The SMILES string of the molecule is C[Si](C)(C)CCSc1c(C(N)=O)ccc(Cl)c1Cl. The van der Waals surface area contributed by atoms with Gasteiger partial charge in [-0.1, -0.05) is 42.8 Å². The molecular formula is C12H17Cl2NOSSi. The van der Waals surface area contributed by atoms with Gasteiger partial charge in [-0.05, 0) is 23.9 Å². The van der Waals surface area contributed by atoms with Crippen molar-refractivity contribution in [1.82, 2.24) is 0 Å². The summed E-state index contributed by atoms with van der Waals surface area (Å²) in [6.07, 6.45) is 0. The van der Waals surface area contributed by atoms with Crippen molar-refractivity contribution in [3.05, 3.63) is 27.7 Å². The summed E-state index contributed by atoms with van der Waals surface area (Å²) in [6.45, 7) is 6.92. The quantitative estimate of drug-likeness (QED) is 0.639. The highest BCUT2D eigenvalue weighted by Gasteiger charge is 2.17. The molecule has 1 rings (SSSR count). The van der Waals surface area contributed by atoms with Gasteiger partial charge in [0, 0.05) is 13.0 Å². The summed E-state index contributed by atoms with van der Waals surface area (Å²) in [4.78, 5) is 12.1. The van der Waals surface area contributed by atoms with Gasteiger partial charge >= 0.3 is 0 Å². The maximum Gasteiger partial charge on any atom is 0.249 e. The van der Waals surface area contributed by atoms with Crippen molar-refractivity contribution in [2.75, 3.05) is 5.75 Å². The van der Waals surface area contributed by atoms with E-state index in [1.165, 1.54) is 0 Å². The lowest BCUT2D eigenvalue weighted by Crippen LogP contribution is -2.20. The standard InChI is InChI=1S/C12H17Cl2NOSSi/c1-18(2,3)7-6-17-11-8(12(15)16)4-5-9(13)10(11)14/h4-5H,6-7H2,1-3H3,(H2,15,16). The summed E-state index contributed by atoms with van der Waals surface area (Å²) in [6, 6.07) is 4.39. The van der Waals surface area contributed by atoms with Crippen molar-refractivity contribution >= 4 is 48.9 Å². The highest BCUT2D eigenvalue weighted by molar-refractivity contribution is 7.99. The van der Waals surface area contributed by atoms with Crippen LogP contribution in [0.3, 0.4) is 0 Å². The number of benzene rings is 1. The predicted molar refractivity (Wildman–Crippen MR) is 83.9 cm³/mol. The Bertz CT molecular complexity index is 460. The van der Waals surface area contributed by atoms with Crippen LogP contribution < -0.4 is 5.73 Å². The summed E-state index contributed by atoms with van der Waals surface area (Å²) >= 11 is 13.7. The Balaban J connectivity index is 2.92. The summed E-state index contributed by atoms with van der Waals surface area (Å²) < 4.78 is 0. The first-order valence-corrected chi connectivity index (χ1v) is 11.1. The third-order valence-electron chi connectivity index (χ3n) is 2.41. The lowest BCUT2D eigenvalue weighted by atomic mass is 10.2. The first-order valence-electron chi connectivity index (χ1n) is 5.63. The summed E-state index contributed by atoms with van der Waals surface area (Å²) in [5.41, 5.74) is 5.79. The number of nitrogens with two attached hydrogens (primary N) is 1. The second-order valence-electron chi connectivity index (χ2n) is 5.26. The molecule has 18 heavy (non-hydrogen) atoms. The molecule has 0 bridgehead atoms. The smallest absolute Gasteiger partial charge is 0.249 e. The molecule has 1 aromatic carbocycles. The minimum absolute atomic E-state index is 0.425. The second-order valence-corrected chi connectivity index (χ2v) is 12.8. The molecule has 0 saturated heterocycles. The molecule has 0 unspecified atom stereocenters. The molecule has 0 aliphatic rings. The Morgan fingerprint density at radius 2 is 1.94 bits per heavy atom. The van der Waals surface area contributed by atoms with Crippen molar-refractivity contribution in [1.29, 1.82) is 0 Å². The van der Waals surface area contributed by atoms with Crippen LogP contribution in [0, 0.1) is 0 Å². The van der Waals surface area contributed by atoms with Crippen LogP contribution in [-0.2, 0) is 0 Å². The molecule has 2 nitrogen and oxygen atoms in total. The number of hydrogen-bond acceptors (Lipinski definition) is 2. The van der Waals surface area contributed by atoms with E-state index in [9.17, 15) is 4.79 Å². The topological polar surface area (TPSA) is 43.1 Å². The van der Waals surface area contributed by atoms with E-state index < -0.39 is 14.0 Å². The number of amides is 1. The van der Waals surface area contributed by atoms with Crippen molar-refractivity contribution in [3.63, 3.8) is 0 Å². The molecular weight excluding hydrogens is 305 g/mol. The fourth-order valence-corrected chi connectivity index (χ4v) is 5.49. The number of carbonyl (C=O) groups is 1. The number of hydrogen-bond donors (Lipinski definition) is 1. The molecule has 0 aromatic heterocycles. The molecule has 100 valence electrons. The Labute approximate surface area is 123 Å². The van der Waals surface area contributed by atoms with Crippen molar-refractivity contribution in [3.8, 4) is 0 Å². The normalized spacial score (nSPS) is 11.6. The zero-order valence-electron chi connectivity index (χ0n) is 10.7. The first-order chi connectivity index (χ1) is 8.22. The number of rotatable bonds is 5. The molecule has 1 aromatic rings. The Kier molecular flexibility index (Phi) is 5.59. The second kappa shape index (κ2) is 6.33. The van der Waals surface area contributed by atoms with Crippen molar-refractivity contribution in [2.24, 2.45) is 5.73 Å². The fourth-order valence-electron chi connectivity index (χ4n) is 1.33. The van der Waals surface area contributed by atoms with Gasteiger partial charge in [0.25, 0.3) is 0 Å². The molecule has 1 amide bonds. The Hall–Kier alpha value is -0.163. The average Bonchev–Trinajstić information content (AvgIpc) is 2.22. The van der Waals surface area contributed by atoms with Crippen LogP contribution >= 0.6 is 35.0 Å². The maximum absolute atomic E-state index is 11.4. The molecule has 2 N–H and O–H groups in total. The van der Waals surface area contributed by atoms with Gasteiger partial charge in [0.15, 0.2) is 0 Å². The van der Waals surface area contributed by atoms with Gasteiger partial charge in [0.2, 0.25) is 5.91 Å². The van der Waals surface area contributed by atoms with E-state index in [1.807, 2.05) is 0 Å². The molecule has 6 heteroatoms. The van der Waals surface area contributed by atoms with E-state index in [4.69, 9.17) is 28.9 Å². The number of carbonyl (C=O) groups excluding carboxylic acids is 1. The van der Waals surface area contributed by atoms with Gasteiger partial charge in [0.1, 0.15) is 0 Å². The van der Waals surface area contributed by atoms with Crippen LogP contribution in [0.5, 0.6) is 0 Å². The minimum Gasteiger partial charge on any atom is -0.366 e. The summed E-state index contributed by atoms with van der Waals surface area (Å²) in [7, 11) is -1.10. The van der Waals surface area contributed by atoms with Gasteiger partial charge in [0.05, 0.1) is 15.6 Å². The first kappa shape index (κ1) is 15.9. The average molecular weight is 322 g/mol. The van der Waals surface area contributed by atoms with Gasteiger partial charge in [-0.15, -0.1) is 11.8 Å². The third-order valence-corrected chi connectivity index (χ3v) is 6.56. The largest absolute Gasteiger partial charge is 0.366 e. The highest BCUT2D eigenvalue weighted by atomic mass is 35.5. The van der Waals surface area contributed by atoms with Crippen LogP contribution in [0.2, 0.25) is 35.7 Å². The zero-order valence-corrected chi connectivity index (χ0v) is 14.0. The van der Waals surface area contributed by atoms with E-state index in [0.717, 1.165) is 11.8 Å². The number of thioether (sulfide) groups is 1. The molecule has 0 spiro atoms. The van der Waals surface area contributed by atoms with Crippen LogP contribution in [0.15, 0.2) is 17.0 Å². The van der Waals surface area contributed by atoms with E-state index in [-0.39, 0.29) is 0 Å². The predicted octanol–water partition coefficient (Wildman–Crippen LogP) is 4.52. The van der Waals surface area contributed by atoms with Gasteiger partial charge < -0.3 is 5.73 Å². The lowest BCUT2D eigenvalue weighted by molar-refractivity contribution is 0.0997. The molecule has 0 aliphatic heterocycles. The lowest BCUT2D eigenvalue weighted by Gasteiger charge is -2.16. The molecule has 0 radical (unpaired) electrons. The van der Waals surface area contributed by atoms with Crippen molar-refractivity contribution in [2.45, 2.75) is 30.6 Å². The summed E-state index contributed by atoms with van der Waals surface area (Å²) in [5.74, 6) is 0.458. The monoisotopic (exact) mass is 321 g/mol. The van der Waals surface area contributed by atoms with Gasteiger partial charge in [-0.2, -0.15) is 0 Å². The Morgan fingerprint density at radius 1 is 1.33 bits per heavy atom. The zero-order chi connectivity index (χ0) is 13.9.